The number of aldehydes is 1. The van der Waals surface area contributed by atoms with Crippen LogP contribution in [0, 0.1) is 10.1 Å². The van der Waals surface area contributed by atoms with Crippen molar-refractivity contribution in [2.75, 3.05) is 6.61 Å². The first-order valence-corrected chi connectivity index (χ1v) is 5.48. The second-order valence-electron chi connectivity index (χ2n) is 4.24. The third kappa shape index (κ3) is 3.53. The Morgan fingerprint density at radius 2 is 2.22 bits per heavy atom. The minimum atomic E-state index is -1.04. The lowest BCUT2D eigenvalue weighted by atomic mass is 10.1. The molecule has 0 radical (unpaired) electrons. The van der Waals surface area contributed by atoms with E-state index in [9.17, 15) is 20.0 Å². The molecular weight excluding hydrogens is 238 g/mol. The topological polar surface area (TPSA) is 89.7 Å². The van der Waals surface area contributed by atoms with Gasteiger partial charge in [0.15, 0.2) is 5.75 Å². The number of benzene rings is 1. The molecule has 0 spiro atoms. The number of carbonyl (C=O) groups excluding carboxylic acids is 1. The average molecular weight is 253 g/mol. The molecule has 1 atom stereocenters. The maximum absolute atomic E-state index is 10.8. The number of hydrogen-bond acceptors (Lipinski definition) is 5. The van der Waals surface area contributed by atoms with Crippen molar-refractivity contribution in [3.63, 3.8) is 0 Å². The molecule has 98 valence electrons. The molecule has 0 amide bonds. The van der Waals surface area contributed by atoms with Crippen molar-refractivity contribution in [2.24, 2.45) is 0 Å². The van der Waals surface area contributed by atoms with Gasteiger partial charge in [0.2, 0.25) is 0 Å². The molecule has 1 rings (SSSR count). The molecule has 1 N–H and O–H groups in total. The SMILES string of the molecule is CCC(C)(O)COc1ccc(C=O)cc1[N+](=O)[O-]. The van der Waals surface area contributed by atoms with Crippen molar-refractivity contribution in [1.29, 1.82) is 0 Å². The van der Waals surface area contributed by atoms with Gasteiger partial charge in [-0.05, 0) is 25.5 Å². The summed E-state index contributed by atoms with van der Waals surface area (Å²) in [4.78, 5) is 20.8. The number of ether oxygens (including phenoxy) is 1. The molecule has 0 heterocycles. The smallest absolute Gasteiger partial charge is 0.311 e. The predicted octanol–water partition coefficient (Wildman–Crippen LogP) is 1.95. The molecule has 1 aromatic carbocycles. The van der Waals surface area contributed by atoms with Crippen molar-refractivity contribution in [3.05, 3.63) is 33.9 Å². The Labute approximate surface area is 104 Å². The Bertz CT molecular complexity index is 456. The van der Waals surface area contributed by atoms with E-state index in [1.807, 2.05) is 0 Å². The molecule has 6 heteroatoms. The fraction of sp³-hybridized carbons (Fsp3) is 0.417. The van der Waals surface area contributed by atoms with Gasteiger partial charge in [0.25, 0.3) is 0 Å². The first-order valence-electron chi connectivity index (χ1n) is 5.48. The fourth-order valence-corrected chi connectivity index (χ4v) is 1.21. The standard InChI is InChI=1S/C12H15NO5/c1-3-12(2,15)8-18-11-5-4-9(7-14)6-10(11)13(16)17/h4-7,15H,3,8H2,1-2H3. The number of hydrogen-bond donors (Lipinski definition) is 1. The average Bonchev–Trinajstić information content (AvgIpc) is 2.36. The molecule has 0 saturated heterocycles. The Kier molecular flexibility index (Phi) is 4.38. The van der Waals surface area contributed by atoms with Gasteiger partial charge in [0, 0.05) is 11.6 Å². The molecule has 18 heavy (non-hydrogen) atoms. The number of nitro benzene ring substituents is 1. The molecular formula is C12H15NO5. The lowest BCUT2D eigenvalue weighted by molar-refractivity contribution is -0.386. The van der Waals surface area contributed by atoms with Gasteiger partial charge < -0.3 is 9.84 Å². The largest absolute Gasteiger partial charge is 0.484 e. The number of rotatable bonds is 6. The summed E-state index contributed by atoms with van der Waals surface area (Å²) in [5.74, 6) is 0.0410. The minimum absolute atomic E-state index is 0.0410. The summed E-state index contributed by atoms with van der Waals surface area (Å²) in [6.45, 7) is 3.32. The summed E-state index contributed by atoms with van der Waals surface area (Å²) in [6.07, 6.45) is 0.992. The van der Waals surface area contributed by atoms with Gasteiger partial charge in [-0.2, -0.15) is 0 Å². The van der Waals surface area contributed by atoms with E-state index in [2.05, 4.69) is 0 Å². The zero-order valence-electron chi connectivity index (χ0n) is 10.3. The summed E-state index contributed by atoms with van der Waals surface area (Å²) >= 11 is 0. The van der Waals surface area contributed by atoms with E-state index in [1.165, 1.54) is 12.1 Å². The molecule has 0 aliphatic carbocycles. The molecule has 1 aromatic rings. The number of aliphatic hydroxyl groups is 1. The van der Waals surface area contributed by atoms with Crippen LogP contribution >= 0.6 is 0 Å². The van der Waals surface area contributed by atoms with E-state index in [-0.39, 0.29) is 23.6 Å². The van der Waals surface area contributed by atoms with Gasteiger partial charge in [-0.1, -0.05) is 6.92 Å². The van der Waals surface area contributed by atoms with Crippen molar-refractivity contribution < 1.29 is 19.6 Å². The highest BCUT2D eigenvalue weighted by atomic mass is 16.6. The van der Waals surface area contributed by atoms with Gasteiger partial charge in [-0.15, -0.1) is 0 Å². The highest BCUT2D eigenvalue weighted by Gasteiger charge is 2.22. The van der Waals surface area contributed by atoms with E-state index in [1.54, 1.807) is 13.8 Å². The Morgan fingerprint density at radius 3 is 2.72 bits per heavy atom. The second kappa shape index (κ2) is 5.59. The third-order valence-corrected chi connectivity index (χ3v) is 2.62. The molecule has 0 fully saturated rings. The molecule has 0 aliphatic rings. The first kappa shape index (κ1) is 14.1. The summed E-state index contributed by atoms with van der Waals surface area (Å²) < 4.78 is 5.25. The van der Waals surface area contributed by atoms with E-state index in [0.29, 0.717) is 12.7 Å². The van der Waals surface area contributed by atoms with Crippen LogP contribution in [0.25, 0.3) is 0 Å². The summed E-state index contributed by atoms with van der Waals surface area (Å²) in [5.41, 5.74) is -1.13. The predicted molar refractivity (Wildman–Crippen MR) is 64.9 cm³/mol. The summed E-state index contributed by atoms with van der Waals surface area (Å²) in [6, 6.07) is 3.92. The Morgan fingerprint density at radius 1 is 1.56 bits per heavy atom. The lowest BCUT2D eigenvalue weighted by Gasteiger charge is -2.21. The van der Waals surface area contributed by atoms with E-state index < -0.39 is 10.5 Å². The van der Waals surface area contributed by atoms with Gasteiger partial charge >= 0.3 is 5.69 Å². The van der Waals surface area contributed by atoms with Crippen LogP contribution in [0.3, 0.4) is 0 Å². The van der Waals surface area contributed by atoms with Crippen LogP contribution in [0.1, 0.15) is 30.6 Å². The van der Waals surface area contributed by atoms with E-state index in [4.69, 9.17) is 4.74 Å². The molecule has 6 nitrogen and oxygen atoms in total. The maximum atomic E-state index is 10.8. The molecule has 0 saturated carbocycles. The zero-order chi connectivity index (χ0) is 13.8. The van der Waals surface area contributed by atoms with Crippen LogP contribution in [0.4, 0.5) is 5.69 Å². The van der Waals surface area contributed by atoms with Crippen molar-refractivity contribution in [2.45, 2.75) is 25.9 Å². The first-order chi connectivity index (χ1) is 8.39. The van der Waals surface area contributed by atoms with Crippen molar-refractivity contribution in [1.82, 2.24) is 0 Å². The zero-order valence-corrected chi connectivity index (χ0v) is 10.3. The van der Waals surface area contributed by atoms with E-state index >= 15 is 0 Å². The normalized spacial score (nSPS) is 13.7. The van der Waals surface area contributed by atoms with Crippen molar-refractivity contribution >= 4 is 12.0 Å². The fourth-order valence-electron chi connectivity index (χ4n) is 1.21. The summed E-state index contributed by atoms with van der Waals surface area (Å²) in [5, 5.41) is 20.6. The van der Waals surface area contributed by atoms with Crippen LogP contribution < -0.4 is 4.74 Å². The molecule has 1 unspecified atom stereocenters. The Hall–Kier alpha value is -1.95. The lowest BCUT2D eigenvalue weighted by Crippen LogP contribution is -2.31. The Balaban J connectivity index is 2.95. The van der Waals surface area contributed by atoms with E-state index in [0.717, 1.165) is 6.07 Å². The van der Waals surface area contributed by atoms with Gasteiger partial charge in [-0.25, -0.2) is 0 Å². The maximum Gasteiger partial charge on any atom is 0.311 e. The van der Waals surface area contributed by atoms with Gasteiger partial charge in [-0.3, -0.25) is 14.9 Å². The third-order valence-electron chi connectivity index (χ3n) is 2.62. The number of nitrogens with zero attached hydrogens (tertiary/aromatic N) is 1. The number of carbonyl (C=O) groups is 1. The van der Waals surface area contributed by atoms with Crippen LogP contribution in [-0.2, 0) is 0 Å². The quantitative estimate of drug-likeness (QED) is 0.475. The van der Waals surface area contributed by atoms with Crippen molar-refractivity contribution in [3.8, 4) is 5.75 Å². The number of nitro groups is 1. The second-order valence-corrected chi connectivity index (χ2v) is 4.24. The molecule has 0 aliphatic heterocycles. The monoisotopic (exact) mass is 253 g/mol. The highest BCUT2D eigenvalue weighted by Crippen LogP contribution is 2.28. The summed E-state index contributed by atoms with van der Waals surface area (Å²) in [7, 11) is 0. The van der Waals surface area contributed by atoms with Crippen LogP contribution in [0.15, 0.2) is 18.2 Å². The molecule has 0 aromatic heterocycles. The molecule has 0 bridgehead atoms. The van der Waals surface area contributed by atoms with Crippen LogP contribution in [-0.4, -0.2) is 28.5 Å². The minimum Gasteiger partial charge on any atom is -0.484 e. The van der Waals surface area contributed by atoms with Crippen LogP contribution in [0.5, 0.6) is 5.75 Å². The van der Waals surface area contributed by atoms with Gasteiger partial charge in [0.05, 0.1) is 10.5 Å². The highest BCUT2D eigenvalue weighted by molar-refractivity contribution is 5.77. The van der Waals surface area contributed by atoms with Gasteiger partial charge in [0.1, 0.15) is 12.9 Å². The van der Waals surface area contributed by atoms with Crippen LogP contribution in [0.2, 0.25) is 0 Å².